The summed E-state index contributed by atoms with van der Waals surface area (Å²) >= 11 is 1.17. The smallest absolute Gasteiger partial charge is 0.230 e. The predicted octanol–water partition coefficient (Wildman–Crippen LogP) is 3.53. The van der Waals surface area contributed by atoms with Crippen LogP contribution in [0.3, 0.4) is 0 Å². The molecule has 0 aliphatic rings. The van der Waals surface area contributed by atoms with Crippen LogP contribution in [0.5, 0.6) is 0 Å². The number of hydrogen-bond acceptors (Lipinski definition) is 5. The molecule has 0 radical (unpaired) electrons. The van der Waals surface area contributed by atoms with Gasteiger partial charge in [0.05, 0.1) is 17.5 Å². The maximum absolute atomic E-state index is 13.8. The fraction of sp³-hybridized carbons (Fsp3) is 0.263. The Kier molecular flexibility index (Phi) is 6.03. The van der Waals surface area contributed by atoms with Crippen LogP contribution in [-0.4, -0.2) is 31.9 Å². The minimum atomic E-state index is -0.695. The molecule has 0 saturated heterocycles. The van der Waals surface area contributed by atoms with E-state index in [0.717, 1.165) is 28.9 Å². The van der Waals surface area contributed by atoms with Gasteiger partial charge in [-0.15, -0.1) is 5.10 Å². The van der Waals surface area contributed by atoms with Crippen LogP contribution >= 0.6 is 11.8 Å². The average Bonchev–Trinajstić information content (AvgIpc) is 3.08. The highest BCUT2D eigenvalue weighted by molar-refractivity contribution is 7.99. The Morgan fingerprint density at radius 1 is 1.21 bits per heavy atom. The van der Waals surface area contributed by atoms with Crippen molar-refractivity contribution in [3.8, 4) is 5.69 Å². The fourth-order valence-electron chi connectivity index (χ4n) is 2.81. The lowest BCUT2D eigenvalue weighted by Gasteiger charge is -2.15. The Balaban J connectivity index is 1.65. The number of halogens is 2. The van der Waals surface area contributed by atoms with Crippen molar-refractivity contribution < 1.29 is 13.6 Å². The lowest BCUT2D eigenvalue weighted by atomic mass is 10.1. The number of hydrogen-bond donors (Lipinski definition) is 1. The number of amides is 1. The van der Waals surface area contributed by atoms with Crippen molar-refractivity contribution in [2.45, 2.75) is 32.0 Å². The van der Waals surface area contributed by atoms with Gasteiger partial charge in [-0.05, 0) is 48.9 Å². The zero-order valence-electron chi connectivity index (χ0n) is 15.6. The molecule has 1 amide bonds. The third kappa shape index (κ3) is 4.53. The minimum Gasteiger partial charge on any atom is -0.349 e. The molecule has 3 aromatic rings. The van der Waals surface area contributed by atoms with E-state index in [1.54, 1.807) is 11.6 Å². The highest BCUT2D eigenvalue weighted by Gasteiger charge is 2.17. The van der Waals surface area contributed by atoms with Crippen LogP contribution in [0.25, 0.3) is 5.69 Å². The summed E-state index contributed by atoms with van der Waals surface area (Å²) in [5.41, 5.74) is 3.20. The van der Waals surface area contributed by atoms with Crippen molar-refractivity contribution in [3.05, 3.63) is 64.7 Å². The van der Waals surface area contributed by atoms with Gasteiger partial charge in [-0.2, -0.15) is 4.68 Å². The van der Waals surface area contributed by atoms with Crippen LogP contribution in [0, 0.1) is 25.5 Å². The Hall–Kier alpha value is -2.81. The summed E-state index contributed by atoms with van der Waals surface area (Å²) in [4.78, 5) is 12.3. The first-order chi connectivity index (χ1) is 13.3. The van der Waals surface area contributed by atoms with Gasteiger partial charge in [0, 0.05) is 11.6 Å². The summed E-state index contributed by atoms with van der Waals surface area (Å²) in [5, 5.41) is 14.8. The number of benzene rings is 2. The normalized spacial score (nSPS) is 12.0. The van der Waals surface area contributed by atoms with Crippen LogP contribution in [0.15, 0.2) is 41.6 Å². The van der Waals surface area contributed by atoms with Gasteiger partial charge in [0.25, 0.3) is 0 Å². The van der Waals surface area contributed by atoms with Gasteiger partial charge < -0.3 is 5.32 Å². The zero-order valence-corrected chi connectivity index (χ0v) is 16.4. The summed E-state index contributed by atoms with van der Waals surface area (Å²) in [7, 11) is 0. The molecule has 146 valence electrons. The van der Waals surface area contributed by atoms with E-state index in [-0.39, 0.29) is 17.2 Å². The molecule has 0 spiro atoms. The Labute approximate surface area is 165 Å². The molecule has 9 heteroatoms. The number of tetrazole rings is 1. The SMILES string of the molecule is Cc1ccc(-n2nnnc2SCC(=O)N[C@@H](C)c2ccc(F)cc2F)c(C)c1. The first-order valence-corrected chi connectivity index (χ1v) is 9.57. The summed E-state index contributed by atoms with van der Waals surface area (Å²) in [6.45, 7) is 5.60. The lowest BCUT2D eigenvalue weighted by molar-refractivity contribution is -0.119. The number of carbonyl (C=O) groups is 1. The monoisotopic (exact) mass is 403 g/mol. The molecule has 1 N–H and O–H groups in total. The number of carbonyl (C=O) groups excluding carboxylic acids is 1. The summed E-state index contributed by atoms with van der Waals surface area (Å²) in [6.07, 6.45) is 0. The lowest BCUT2D eigenvalue weighted by Crippen LogP contribution is -2.28. The van der Waals surface area contributed by atoms with Gasteiger partial charge in [-0.1, -0.05) is 35.5 Å². The van der Waals surface area contributed by atoms with E-state index in [4.69, 9.17) is 0 Å². The Morgan fingerprint density at radius 3 is 2.71 bits per heavy atom. The van der Waals surface area contributed by atoms with Gasteiger partial charge in [-0.25, -0.2) is 8.78 Å². The van der Waals surface area contributed by atoms with Gasteiger partial charge >= 0.3 is 0 Å². The van der Waals surface area contributed by atoms with E-state index < -0.39 is 17.7 Å². The minimum absolute atomic E-state index is 0.0540. The van der Waals surface area contributed by atoms with Gasteiger partial charge in [-0.3, -0.25) is 4.79 Å². The first kappa shape index (κ1) is 19.9. The molecule has 0 aliphatic heterocycles. The number of thioether (sulfide) groups is 1. The molecule has 0 aliphatic carbocycles. The van der Waals surface area contributed by atoms with E-state index in [9.17, 15) is 13.6 Å². The van der Waals surface area contributed by atoms with Gasteiger partial charge in [0.1, 0.15) is 11.6 Å². The van der Waals surface area contributed by atoms with Crippen LogP contribution in [0.1, 0.15) is 29.7 Å². The Morgan fingerprint density at radius 2 is 2.00 bits per heavy atom. The summed E-state index contributed by atoms with van der Waals surface area (Å²) < 4.78 is 28.4. The predicted molar refractivity (Wildman–Crippen MR) is 102 cm³/mol. The van der Waals surface area contributed by atoms with Crippen LogP contribution < -0.4 is 5.32 Å². The van der Waals surface area contributed by atoms with Crippen molar-refractivity contribution in [1.82, 2.24) is 25.5 Å². The van der Waals surface area contributed by atoms with Crippen molar-refractivity contribution >= 4 is 17.7 Å². The van der Waals surface area contributed by atoms with Crippen LogP contribution in [0.4, 0.5) is 8.78 Å². The van der Waals surface area contributed by atoms with E-state index >= 15 is 0 Å². The number of nitrogens with one attached hydrogen (secondary N) is 1. The number of aryl methyl sites for hydroxylation is 2. The van der Waals surface area contributed by atoms with Crippen molar-refractivity contribution in [2.24, 2.45) is 0 Å². The maximum Gasteiger partial charge on any atom is 0.230 e. The fourth-order valence-corrected chi connectivity index (χ4v) is 3.50. The molecule has 3 rings (SSSR count). The van der Waals surface area contributed by atoms with Crippen molar-refractivity contribution in [2.75, 3.05) is 5.75 Å². The highest BCUT2D eigenvalue weighted by Crippen LogP contribution is 2.22. The summed E-state index contributed by atoms with van der Waals surface area (Å²) in [6, 6.07) is 8.59. The topological polar surface area (TPSA) is 72.7 Å². The Bertz CT molecular complexity index is 1010. The molecular weight excluding hydrogens is 384 g/mol. The third-order valence-corrected chi connectivity index (χ3v) is 5.08. The number of nitrogens with zero attached hydrogens (tertiary/aromatic N) is 4. The largest absolute Gasteiger partial charge is 0.349 e. The number of rotatable bonds is 6. The molecule has 1 atom stereocenters. The van der Waals surface area contributed by atoms with Crippen molar-refractivity contribution in [1.29, 1.82) is 0 Å². The quantitative estimate of drug-likeness (QED) is 0.638. The van der Waals surface area contributed by atoms with E-state index in [1.165, 1.54) is 17.8 Å². The molecule has 2 aromatic carbocycles. The molecule has 0 fully saturated rings. The third-order valence-electron chi connectivity index (χ3n) is 4.16. The molecule has 0 unspecified atom stereocenters. The molecule has 0 saturated carbocycles. The molecule has 0 bridgehead atoms. The highest BCUT2D eigenvalue weighted by atomic mass is 32.2. The second-order valence-corrected chi connectivity index (χ2v) is 7.35. The van der Waals surface area contributed by atoms with Gasteiger partial charge in [0.15, 0.2) is 0 Å². The number of aromatic nitrogens is 4. The molecule has 6 nitrogen and oxygen atoms in total. The molecular formula is C19H19F2N5OS. The van der Waals surface area contributed by atoms with Crippen molar-refractivity contribution in [3.63, 3.8) is 0 Å². The van der Waals surface area contributed by atoms with E-state index in [0.29, 0.717) is 5.16 Å². The standard InChI is InChI=1S/C19H19F2N5OS/c1-11-4-7-17(12(2)8-11)26-19(23-24-25-26)28-10-18(27)22-13(3)15-6-5-14(20)9-16(15)21/h4-9,13H,10H2,1-3H3,(H,22,27)/t13-/m0/s1. The second-order valence-electron chi connectivity index (χ2n) is 6.41. The molecule has 1 aromatic heterocycles. The van der Waals surface area contributed by atoms with Crippen LogP contribution in [0.2, 0.25) is 0 Å². The van der Waals surface area contributed by atoms with Gasteiger partial charge in [0.2, 0.25) is 11.1 Å². The second kappa shape index (κ2) is 8.47. The van der Waals surface area contributed by atoms with E-state index in [1.807, 2.05) is 32.0 Å². The summed E-state index contributed by atoms with van der Waals surface area (Å²) in [5.74, 6) is -1.61. The average molecular weight is 403 g/mol. The molecule has 1 heterocycles. The van der Waals surface area contributed by atoms with E-state index in [2.05, 4.69) is 20.8 Å². The molecule has 28 heavy (non-hydrogen) atoms. The zero-order chi connectivity index (χ0) is 20.3. The van der Waals surface area contributed by atoms with Crippen LogP contribution in [-0.2, 0) is 4.79 Å². The maximum atomic E-state index is 13.8. The first-order valence-electron chi connectivity index (χ1n) is 8.58.